The van der Waals surface area contributed by atoms with Gasteiger partial charge in [-0.3, -0.25) is 9.78 Å². The van der Waals surface area contributed by atoms with Crippen molar-refractivity contribution in [3.8, 4) is 11.4 Å². The van der Waals surface area contributed by atoms with Crippen molar-refractivity contribution in [2.75, 3.05) is 33.7 Å². The molecule has 2 aromatic heterocycles. The minimum Gasteiger partial charge on any atom is -0.380 e. The quantitative estimate of drug-likeness (QED) is 0.584. The van der Waals surface area contributed by atoms with Gasteiger partial charge in [0.2, 0.25) is 17.6 Å². The number of benzene rings is 1. The van der Waals surface area contributed by atoms with Crippen LogP contribution in [0.3, 0.4) is 0 Å². The molecule has 3 aromatic rings. The van der Waals surface area contributed by atoms with Gasteiger partial charge in [0.1, 0.15) is 5.60 Å². The number of aromatic nitrogens is 3. The lowest BCUT2D eigenvalue weighted by Gasteiger charge is -2.55. The number of rotatable bonds is 6. The number of hydrogen-bond acceptors (Lipinski definition) is 7. The maximum absolute atomic E-state index is 12.4. The second kappa shape index (κ2) is 8.53. The number of likely N-dealkylation sites (tertiary alicyclic amines) is 2. The van der Waals surface area contributed by atoms with E-state index in [2.05, 4.69) is 60.0 Å². The Balaban J connectivity index is 1.52. The maximum atomic E-state index is 12.4. The zero-order valence-corrected chi connectivity index (χ0v) is 21.0. The molecule has 0 aliphatic carbocycles. The number of carbonyl (C=O) groups is 1. The van der Waals surface area contributed by atoms with E-state index >= 15 is 0 Å². The van der Waals surface area contributed by atoms with E-state index in [1.165, 1.54) is 5.56 Å². The number of likely N-dealkylation sites (N-methyl/N-ethyl adjacent to an activating group) is 1. The van der Waals surface area contributed by atoms with Gasteiger partial charge in [0.05, 0.1) is 5.92 Å². The number of aliphatic hydroxyl groups is 1. The van der Waals surface area contributed by atoms with Crippen LogP contribution < -0.4 is 0 Å². The van der Waals surface area contributed by atoms with Gasteiger partial charge < -0.3 is 19.4 Å². The van der Waals surface area contributed by atoms with Crippen LogP contribution in [0.2, 0.25) is 0 Å². The molecule has 35 heavy (non-hydrogen) atoms. The summed E-state index contributed by atoms with van der Waals surface area (Å²) in [4.78, 5) is 24.9. The van der Waals surface area contributed by atoms with Crippen LogP contribution in [0.25, 0.3) is 11.4 Å². The standard InChI is InChI=1S/C27H33N5O3/c1-17(2)18-6-8-21(9-7-18)27(34,26(3)15-31(4)16-26)22-10-19(12-28-13-22)24-29-25(35-30-24)20-11-23(33)32(5)14-20/h6-10,12-13,17,20,34H,11,14-16H2,1-5H3/t20-,27+/m1/s1. The van der Waals surface area contributed by atoms with E-state index in [1.54, 1.807) is 24.3 Å². The van der Waals surface area contributed by atoms with Gasteiger partial charge in [0.15, 0.2) is 0 Å². The summed E-state index contributed by atoms with van der Waals surface area (Å²) in [5.74, 6) is 1.24. The summed E-state index contributed by atoms with van der Waals surface area (Å²) in [7, 11) is 3.84. The summed E-state index contributed by atoms with van der Waals surface area (Å²) in [5, 5.41) is 16.6. The highest BCUT2D eigenvalue weighted by atomic mass is 16.5. The summed E-state index contributed by atoms with van der Waals surface area (Å²) in [6.07, 6.45) is 3.78. The summed E-state index contributed by atoms with van der Waals surface area (Å²) >= 11 is 0. The number of carbonyl (C=O) groups excluding carboxylic acids is 1. The predicted octanol–water partition coefficient (Wildman–Crippen LogP) is 3.39. The molecule has 0 radical (unpaired) electrons. The number of amides is 1. The van der Waals surface area contributed by atoms with Crippen LogP contribution in [0.15, 0.2) is 47.2 Å². The Morgan fingerprint density at radius 2 is 1.86 bits per heavy atom. The van der Waals surface area contributed by atoms with Crippen LogP contribution in [-0.2, 0) is 10.4 Å². The summed E-state index contributed by atoms with van der Waals surface area (Å²) in [6, 6.07) is 10.2. The van der Waals surface area contributed by atoms with E-state index in [-0.39, 0.29) is 11.8 Å². The van der Waals surface area contributed by atoms with E-state index in [9.17, 15) is 9.90 Å². The van der Waals surface area contributed by atoms with Gasteiger partial charge in [-0.25, -0.2) is 0 Å². The van der Waals surface area contributed by atoms with Crippen molar-refractivity contribution < 1.29 is 14.4 Å². The second-order valence-electron chi connectivity index (χ2n) is 10.8. The van der Waals surface area contributed by atoms with Gasteiger partial charge in [-0.15, -0.1) is 0 Å². The molecule has 0 spiro atoms. The average Bonchev–Trinajstić information content (AvgIpc) is 3.44. The van der Waals surface area contributed by atoms with Crippen molar-refractivity contribution in [1.82, 2.24) is 24.9 Å². The Labute approximate surface area is 206 Å². The Morgan fingerprint density at radius 1 is 1.14 bits per heavy atom. The van der Waals surface area contributed by atoms with Crippen LogP contribution in [-0.4, -0.2) is 69.7 Å². The molecule has 2 fully saturated rings. The molecule has 8 heteroatoms. The molecular weight excluding hydrogens is 442 g/mol. The molecule has 4 heterocycles. The third kappa shape index (κ3) is 3.94. The molecule has 5 rings (SSSR count). The molecule has 2 aliphatic heterocycles. The van der Waals surface area contributed by atoms with Crippen molar-refractivity contribution in [2.45, 2.75) is 44.6 Å². The highest BCUT2D eigenvalue weighted by Gasteiger charge is 2.55. The first-order valence-electron chi connectivity index (χ1n) is 12.2. The Bertz CT molecular complexity index is 1230. The largest absolute Gasteiger partial charge is 0.380 e. The Morgan fingerprint density at radius 3 is 2.46 bits per heavy atom. The zero-order chi connectivity index (χ0) is 25.0. The molecule has 0 saturated carbocycles. The highest BCUT2D eigenvalue weighted by molar-refractivity contribution is 5.79. The second-order valence-corrected chi connectivity index (χ2v) is 10.8. The van der Waals surface area contributed by atoms with Crippen molar-refractivity contribution in [3.63, 3.8) is 0 Å². The van der Waals surface area contributed by atoms with E-state index < -0.39 is 11.0 Å². The Hall–Kier alpha value is -3.10. The van der Waals surface area contributed by atoms with Gasteiger partial charge in [0.25, 0.3) is 0 Å². The fourth-order valence-corrected chi connectivity index (χ4v) is 5.65. The van der Waals surface area contributed by atoms with Crippen molar-refractivity contribution >= 4 is 5.91 Å². The fourth-order valence-electron chi connectivity index (χ4n) is 5.65. The van der Waals surface area contributed by atoms with Crippen LogP contribution in [0, 0.1) is 5.41 Å². The molecule has 0 unspecified atom stereocenters. The van der Waals surface area contributed by atoms with Crippen LogP contribution in [0.5, 0.6) is 0 Å². The van der Waals surface area contributed by atoms with Crippen LogP contribution in [0.1, 0.15) is 61.6 Å². The zero-order valence-electron chi connectivity index (χ0n) is 21.0. The lowest BCUT2D eigenvalue weighted by atomic mass is 9.62. The summed E-state index contributed by atoms with van der Waals surface area (Å²) in [5.41, 5.74) is 1.81. The van der Waals surface area contributed by atoms with Gasteiger partial charge in [0, 0.05) is 62.0 Å². The molecule has 1 aromatic carbocycles. The monoisotopic (exact) mass is 475 g/mol. The topological polar surface area (TPSA) is 95.6 Å². The third-order valence-electron chi connectivity index (χ3n) is 7.65. The molecule has 2 aliphatic rings. The maximum Gasteiger partial charge on any atom is 0.232 e. The Kier molecular flexibility index (Phi) is 5.76. The van der Waals surface area contributed by atoms with Crippen molar-refractivity contribution in [1.29, 1.82) is 0 Å². The van der Waals surface area contributed by atoms with Gasteiger partial charge in [-0.2, -0.15) is 4.98 Å². The molecule has 2 atom stereocenters. The fraction of sp³-hybridized carbons (Fsp3) is 0.481. The van der Waals surface area contributed by atoms with Gasteiger partial charge >= 0.3 is 0 Å². The molecule has 2 saturated heterocycles. The first kappa shape index (κ1) is 23.6. The number of pyridine rings is 1. The van der Waals surface area contributed by atoms with E-state index in [1.807, 2.05) is 18.2 Å². The minimum absolute atomic E-state index is 0.0747. The molecule has 8 nitrogen and oxygen atoms in total. The van der Waals surface area contributed by atoms with E-state index in [4.69, 9.17) is 4.52 Å². The molecule has 1 amide bonds. The van der Waals surface area contributed by atoms with E-state index in [0.717, 1.165) is 18.7 Å². The van der Waals surface area contributed by atoms with Crippen LogP contribution >= 0.6 is 0 Å². The first-order chi connectivity index (χ1) is 16.6. The van der Waals surface area contributed by atoms with Crippen LogP contribution in [0.4, 0.5) is 0 Å². The average molecular weight is 476 g/mol. The minimum atomic E-state index is -1.24. The molecule has 0 bridgehead atoms. The van der Waals surface area contributed by atoms with E-state index in [0.29, 0.717) is 41.7 Å². The van der Waals surface area contributed by atoms with Gasteiger partial charge in [-0.05, 0) is 30.2 Å². The molecule has 1 N–H and O–H groups in total. The van der Waals surface area contributed by atoms with Gasteiger partial charge in [-0.1, -0.05) is 50.2 Å². The lowest BCUT2D eigenvalue weighted by molar-refractivity contribution is -0.127. The highest BCUT2D eigenvalue weighted by Crippen LogP contribution is 2.50. The number of nitrogens with zero attached hydrogens (tertiary/aromatic N) is 5. The molecule has 184 valence electrons. The SMILES string of the molecule is CC(C)c1ccc([C@](O)(c2cncc(-c3noc([C@@H]4CC(=O)N(C)C4)n3)c2)C2(C)CN(C)C2)cc1. The normalized spacial score (nSPS) is 21.9. The smallest absolute Gasteiger partial charge is 0.232 e. The van der Waals surface area contributed by atoms with Crippen molar-refractivity contribution in [3.05, 3.63) is 65.3 Å². The first-order valence-corrected chi connectivity index (χ1v) is 12.2. The lowest BCUT2D eigenvalue weighted by Crippen LogP contribution is -2.63. The predicted molar refractivity (Wildman–Crippen MR) is 132 cm³/mol. The van der Waals surface area contributed by atoms with Crippen molar-refractivity contribution in [2.24, 2.45) is 5.41 Å². The third-order valence-corrected chi connectivity index (χ3v) is 7.65. The number of hydrogen-bond donors (Lipinski definition) is 1. The summed E-state index contributed by atoms with van der Waals surface area (Å²) in [6.45, 7) is 8.53. The molecular formula is C27H33N5O3. The summed E-state index contributed by atoms with van der Waals surface area (Å²) < 4.78 is 5.52.